The molecular weight excluding hydrogens is 504 g/mol. The number of nitrogens with one attached hydrogen (secondary N) is 4. The van der Waals surface area contributed by atoms with Crippen LogP contribution in [0.25, 0.3) is 0 Å². The summed E-state index contributed by atoms with van der Waals surface area (Å²) in [6, 6.07) is -1.84. The molecule has 8 N–H and O–H groups in total. The summed E-state index contributed by atoms with van der Waals surface area (Å²) in [5, 5.41) is 48.2. The Bertz CT molecular complexity index is 601. The quantitative estimate of drug-likeness (QED) is 0.0278. The monoisotopic (exact) mass is 552 g/mol. The van der Waals surface area contributed by atoms with Gasteiger partial charge in [-0.15, -0.1) is 0 Å². The van der Waals surface area contributed by atoms with E-state index in [1.54, 1.807) is 0 Å². The number of unbranched alkanes of at least 4 members (excludes halogenated alkanes) is 10. The van der Waals surface area contributed by atoms with Gasteiger partial charge in [0.15, 0.2) is 0 Å². The molecule has 0 aliphatic carbocycles. The first-order valence-corrected chi connectivity index (χ1v) is 13.6. The molecule has 0 amide bonds. The van der Waals surface area contributed by atoms with Gasteiger partial charge in [-0.3, -0.25) is 30.2 Å². The first kappa shape index (κ1) is 36.1. The van der Waals surface area contributed by atoms with Crippen LogP contribution in [0.5, 0.6) is 0 Å². The standard InChI is InChI=1S/C24H48N4O10/c29-22(30)15-14-21(24(33)34)27-19-26-20(23(31)32)13-9-11-17-25-16-10-7-5-3-1-2-4-6-8-12-18-36-38-37-28-35/h20-21,25-28,35H,1-19H2,(H,29,30)(H,31,32)(H,33,34). The van der Waals surface area contributed by atoms with Crippen LogP contribution < -0.4 is 21.6 Å². The number of hydrogen-bond donors (Lipinski definition) is 8. The predicted octanol–water partition coefficient (Wildman–Crippen LogP) is 2.33. The number of carbonyl (C=O) groups is 3. The second-order valence-corrected chi connectivity index (χ2v) is 9.15. The number of rotatable bonds is 30. The van der Waals surface area contributed by atoms with Gasteiger partial charge in [-0.05, 0) is 55.9 Å². The molecule has 224 valence electrons. The van der Waals surface area contributed by atoms with E-state index in [1.165, 1.54) is 44.2 Å². The fourth-order valence-electron chi connectivity index (χ4n) is 3.82. The zero-order valence-corrected chi connectivity index (χ0v) is 22.3. The molecule has 0 saturated carbocycles. The maximum atomic E-state index is 11.4. The molecule has 0 spiro atoms. The summed E-state index contributed by atoms with van der Waals surface area (Å²) in [6.45, 7) is 2.16. The number of carboxylic acid groups (broad SMARTS) is 3. The lowest BCUT2D eigenvalue weighted by molar-refractivity contribution is -0.557. The van der Waals surface area contributed by atoms with Crippen LogP contribution in [0.15, 0.2) is 0 Å². The molecule has 0 aromatic heterocycles. The Morgan fingerprint density at radius 3 is 1.68 bits per heavy atom. The molecule has 0 heterocycles. The van der Waals surface area contributed by atoms with Crippen molar-refractivity contribution < 1.29 is 49.8 Å². The Morgan fingerprint density at radius 1 is 0.658 bits per heavy atom. The molecule has 0 aliphatic rings. The lowest BCUT2D eigenvalue weighted by Gasteiger charge is -2.18. The maximum Gasteiger partial charge on any atom is 0.320 e. The summed E-state index contributed by atoms with van der Waals surface area (Å²) in [4.78, 5) is 41.8. The molecule has 0 saturated heterocycles. The Morgan fingerprint density at radius 2 is 1.16 bits per heavy atom. The van der Waals surface area contributed by atoms with Gasteiger partial charge in [0.05, 0.1) is 6.61 Å². The van der Waals surface area contributed by atoms with Gasteiger partial charge in [-0.2, -0.15) is 0 Å². The second kappa shape index (κ2) is 26.7. The van der Waals surface area contributed by atoms with Crippen LogP contribution in [-0.4, -0.2) is 76.9 Å². The van der Waals surface area contributed by atoms with E-state index < -0.39 is 30.0 Å². The van der Waals surface area contributed by atoms with Crippen molar-refractivity contribution in [1.82, 2.24) is 21.6 Å². The summed E-state index contributed by atoms with van der Waals surface area (Å²) in [5.74, 6) is -3.25. The van der Waals surface area contributed by atoms with Gasteiger partial charge in [-0.1, -0.05) is 62.8 Å². The second-order valence-electron chi connectivity index (χ2n) is 9.15. The van der Waals surface area contributed by atoms with Crippen LogP contribution in [0.4, 0.5) is 0 Å². The third-order valence-corrected chi connectivity index (χ3v) is 5.99. The van der Waals surface area contributed by atoms with E-state index in [-0.39, 0.29) is 19.5 Å². The van der Waals surface area contributed by atoms with Crippen molar-refractivity contribution in [1.29, 1.82) is 0 Å². The third-order valence-electron chi connectivity index (χ3n) is 5.99. The van der Waals surface area contributed by atoms with Crippen LogP contribution >= 0.6 is 0 Å². The van der Waals surface area contributed by atoms with E-state index >= 15 is 0 Å². The average molecular weight is 553 g/mol. The molecule has 0 aliphatic heterocycles. The zero-order chi connectivity index (χ0) is 28.3. The summed E-state index contributed by atoms with van der Waals surface area (Å²) >= 11 is 0. The smallest absolute Gasteiger partial charge is 0.320 e. The summed E-state index contributed by atoms with van der Waals surface area (Å²) in [7, 11) is 0. The Labute approximate surface area is 224 Å². The molecule has 38 heavy (non-hydrogen) atoms. The zero-order valence-electron chi connectivity index (χ0n) is 22.3. The SMILES string of the molecule is O=C(O)CCC(NCNC(CCCCNCCCCCCCCCCCCOOONO)C(=O)O)C(=O)O. The van der Waals surface area contributed by atoms with Gasteiger partial charge >= 0.3 is 17.9 Å². The fourth-order valence-corrected chi connectivity index (χ4v) is 3.82. The van der Waals surface area contributed by atoms with Crippen molar-refractivity contribution in [2.75, 3.05) is 26.4 Å². The minimum Gasteiger partial charge on any atom is -0.481 e. The van der Waals surface area contributed by atoms with E-state index in [4.69, 9.17) is 15.4 Å². The Hall–Kier alpha value is -1.91. The fraction of sp³-hybridized carbons (Fsp3) is 0.875. The Kier molecular flexibility index (Phi) is 25.3. The summed E-state index contributed by atoms with van der Waals surface area (Å²) in [5.41, 5.74) is 1.35. The van der Waals surface area contributed by atoms with Gasteiger partial charge < -0.3 is 20.6 Å². The highest BCUT2D eigenvalue weighted by Gasteiger charge is 2.20. The van der Waals surface area contributed by atoms with Crippen LogP contribution in [-0.2, 0) is 29.3 Å². The molecule has 0 rings (SSSR count). The number of aliphatic carboxylic acids is 3. The average Bonchev–Trinajstić information content (AvgIpc) is 2.87. The van der Waals surface area contributed by atoms with Gasteiger partial charge in [0.1, 0.15) is 12.1 Å². The molecular formula is C24H48N4O10. The van der Waals surface area contributed by atoms with Crippen molar-refractivity contribution >= 4 is 17.9 Å². The normalized spacial score (nSPS) is 12.9. The topological polar surface area (TPSA) is 208 Å². The molecule has 0 bridgehead atoms. The van der Waals surface area contributed by atoms with Crippen molar-refractivity contribution in [2.45, 2.75) is 108 Å². The molecule has 0 radical (unpaired) electrons. The molecule has 14 nitrogen and oxygen atoms in total. The number of hydrogen-bond acceptors (Lipinski definition) is 11. The van der Waals surface area contributed by atoms with Gasteiger partial charge in [-0.25, -0.2) is 4.89 Å². The van der Waals surface area contributed by atoms with E-state index in [0.717, 1.165) is 51.6 Å². The number of carboxylic acids is 3. The van der Waals surface area contributed by atoms with Crippen LogP contribution in [0.3, 0.4) is 0 Å². The first-order valence-electron chi connectivity index (χ1n) is 13.6. The molecule has 2 unspecified atom stereocenters. The van der Waals surface area contributed by atoms with E-state index in [0.29, 0.717) is 13.0 Å². The van der Waals surface area contributed by atoms with E-state index in [1.807, 2.05) is 0 Å². The highest BCUT2D eigenvalue weighted by Crippen LogP contribution is 2.10. The third kappa shape index (κ3) is 24.4. The highest BCUT2D eigenvalue weighted by molar-refractivity contribution is 5.75. The lowest BCUT2D eigenvalue weighted by atomic mass is 10.1. The van der Waals surface area contributed by atoms with Crippen molar-refractivity contribution in [3.63, 3.8) is 0 Å². The maximum absolute atomic E-state index is 11.4. The van der Waals surface area contributed by atoms with Crippen molar-refractivity contribution in [3.8, 4) is 0 Å². The first-order chi connectivity index (χ1) is 18.4. The molecule has 0 aromatic carbocycles. The summed E-state index contributed by atoms with van der Waals surface area (Å²) < 4.78 is 0. The molecule has 0 fully saturated rings. The largest absolute Gasteiger partial charge is 0.481 e. The van der Waals surface area contributed by atoms with Gasteiger partial charge in [0.2, 0.25) is 0 Å². The minimum atomic E-state index is -1.17. The van der Waals surface area contributed by atoms with E-state index in [9.17, 15) is 19.5 Å². The van der Waals surface area contributed by atoms with Crippen LogP contribution in [0.2, 0.25) is 0 Å². The van der Waals surface area contributed by atoms with Crippen molar-refractivity contribution in [3.05, 3.63) is 0 Å². The minimum absolute atomic E-state index is 0.0295. The molecule has 0 aromatic rings. The predicted molar refractivity (Wildman–Crippen MR) is 137 cm³/mol. The highest BCUT2D eigenvalue weighted by atomic mass is 17.6. The Balaban J connectivity index is 3.56. The van der Waals surface area contributed by atoms with E-state index in [2.05, 4.69) is 30.9 Å². The summed E-state index contributed by atoms with van der Waals surface area (Å²) in [6.07, 6.45) is 13.2. The molecule has 14 heteroatoms. The van der Waals surface area contributed by atoms with Crippen molar-refractivity contribution in [2.24, 2.45) is 0 Å². The van der Waals surface area contributed by atoms with Gasteiger partial charge in [0.25, 0.3) is 0 Å². The molecule has 2 atom stereocenters. The van der Waals surface area contributed by atoms with Crippen LogP contribution in [0.1, 0.15) is 96.3 Å². The van der Waals surface area contributed by atoms with Gasteiger partial charge in [0, 0.05) is 13.1 Å². The lowest BCUT2D eigenvalue weighted by Crippen LogP contribution is -2.47. The van der Waals surface area contributed by atoms with Crippen LogP contribution in [0, 0.1) is 0 Å².